The molecule has 0 saturated carbocycles. The Bertz CT molecular complexity index is 1950. The van der Waals surface area contributed by atoms with Gasteiger partial charge in [0.15, 0.2) is 0 Å². The molecular weight excluding hydrogens is 778 g/mol. The molecular formula is C39H50Cl4N4O3S2. The Morgan fingerprint density at radius 2 is 1.38 bits per heavy atom. The average Bonchev–Trinajstić information content (AvgIpc) is 3.37. The Hall–Kier alpha value is -2.11. The summed E-state index contributed by atoms with van der Waals surface area (Å²) >= 11 is 27.3. The number of sulfonamides is 1. The number of nitrogens with one attached hydrogen (secondary N) is 3. The van der Waals surface area contributed by atoms with Gasteiger partial charge in [0.1, 0.15) is 16.4 Å². The number of aromatic nitrogens is 2. The molecule has 4 rings (SSSR count). The van der Waals surface area contributed by atoms with Crippen molar-refractivity contribution in [2.45, 2.75) is 125 Å². The fourth-order valence-electron chi connectivity index (χ4n) is 5.89. The minimum atomic E-state index is -3.77. The summed E-state index contributed by atoms with van der Waals surface area (Å²) in [7, 11) is -3.77. The molecule has 0 saturated heterocycles. The van der Waals surface area contributed by atoms with Crippen LogP contribution in [0.25, 0.3) is 5.69 Å². The van der Waals surface area contributed by atoms with E-state index in [4.69, 9.17) is 46.4 Å². The van der Waals surface area contributed by atoms with E-state index in [1.54, 1.807) is 6.07 Å². The molecule has 0 aliphatic heterocycles. The van der Waals surface area contributed by atoms with Crippen molar-refractivity contribution in [3.05, 3.63) is 90.1 Å². The van der Waals surface area contributed by atoms with Gasteiger partial charge < -0.3 is 5.32 Å². The Kier molecular flexibility index (Phi) is 16.4. The van der Waals surface area contributed by atoms with Crippen LogP contribution in [0.3, 0.4) is 0 Å². The van der Waals surface area contributed by atoms with Crippen molar-refractivity contribution >= 4 is 79.7 Å². The molecule has 1 aromatic heterocycles. The monoisotopic (exact) mass is 826 g/mol. The topological polar surface area (TPSA) is 96.0 Å². The second kappa shape index (κ2) is 20.0. The Balaban J connectivity index is 1.55. The van der Waals surface area contributed by atoms with Crippen LogP contribution in [-0.2, 0) is 10.0 Å². The Morgan fingerprint density at radius 1 is 0.769 bits per heavy atom. The molecule has 0 unspecified atom stereocenters. The SMILES string of the molecule is CCCCCCCCCCCCNS(=O)(=O)c1ccc(Nc2[nH]n(-c3c(Cl)cc(Cl)cc3Cl)c(=O)c2Sc2ccc(C(C)C)cc2C(C)C)c(Cl)c1. The van der Waals surface area contributed by atoms with Gasteiger partial charge in [-0.3, -0.25) is 9.89 Å². The molecule has 0 bridgehead atoms. The van der Waals surface area contributed by atoms with E-state index in [2.05, 4.69) is 61.9 Å². The minimum absolute atomic E-state index is 0.0577. The van der Waals surface area contributed by atoms with E-state index in [0.29, 0.717) is 33.9 Å². The molecule has 3 N–H and O–H groups in total. The van der Waals surface area contributed by atoms with Crippen LogP contribution >= 0.6 is 58.2 Å². The number of hydrogen-bond acceptors (Lipinski definition) is 5. The maximum atomic E-state index is 14.1. The van der Waals surface area contributed by atoms with Crippen LogP contribution in [0.15, 0.2) is 68.0 Å². The number of rotatable bonds is 20. The minimum Gasteiger partial charge on any atom is -0.338 e. The molecule has 0 radical (unpaired) electrons. The third kappa shape index (κ3) is 11.5. The number of hydrogen-bond donors (Lipinski definition) is 3. The fraction of sp³-hybridized carbons (Fsp3) is 0.462. The standard InChI is InChI=1S/C39H50Cl4N4O3S2/c1-6-7-8-9-10-11-12-13-14-15-20-44-52(49,50)29-17-18-34(31(41)24-29)45-38-37(51-35-19-16-27(25(2)3)21-30(35)26(4)5)39(48)47(46-38)36-32(42)22-28(40)23-33(36)43/h16-19,21-26,44-46H,6-15,20H2,1-5H3. The van der Waals surface area contributed by atoms with Gasteiger partial charge >= 0.3 is 0 Å². The number of benzene rings is 3. The fourth-order valence-corrected chi connectivity index (χ4v) is 9.41. The lowest BCUT2D eigenvalue weighted by atomic mass is 9.96. The third-order valence-electron chi connectivity index (χ3n) is 8.92. The van der Waals surface area contributed by atoms with Crippen LogP contribution in [0.1, 0.15) is 122 Å². The van der Waals surface area contributed by atoms with Crippen molar-refractivity contribution in [3.8, 4) is 5.69 Å². The van der Waals surface area contributed by atoms with Gasteiger partial charge in [-0.25, -0.2) is 17.8 Å². The van der Waals surface area contributed by atoms with Crippen molar-refractivity contribution in [1.29, 1.82) is 0 Å². The lowest BCUT2D eigenvalue weighted by molar-refractivity contribution is 0.549. The highest BCUT2D eigenvalue weighted by molar-refractivity contribution is 7.99. The van der Waals surface area contributed by atoms with Crippen molar-refractivity contribution in [1.82, 2.24) is 14.5 Å². The second-order valence-electron chi connectivity index (χ2n) is 13.7. The van der Waals surface area contributed by atoms with E-state index in [0.717, 1.165) is 29.7 Å². The molecule has 1 heterocycles. The summed E-state index contributed by atoms with van der Waals surface area (Å²) in [4.78, 5) is 15.5. The van der Waals surface area contributed by atoms with Crippen LogP contribution in [0.4, 0.5) is 11.5 Å². The predicted molar refractivity (Wildman–Crippen MR) is 222 cm³/mol. The van der Waals surface area contributed by atoms with Gasteiger partial charge in [-0.2, -0.15) is 0 Å². The zero-order valence-corrected chi connectivity index (χ0v) is 35.2. The van der Waals surface area contributed by atoms with E-state index >= 15 is 0 Å². The normalized spacial score (nSPS) is 12.0. The number of halogens is 4. The second-order valence-corrected chi connectivity index (χ2v) is 18.2. The molecule has 0 aliphatic carbocycles. The molecule has 52 heavy (non-hydrogen) atoms. The lowest BCUT2D eigenvalue weighted by Crippen LogP contribution is -2.24. The molecule has 0 spiro atoms. The van der Waals surface area contributed by atoms with Gasteiger partial charge in [-0.05, 0) is 65.8 Å². The Morgan fingerprint density at radius 3 is 1.96 bits per heavy atom. The first kappa shape index (κ1) is 42.6. The highest BCUT2D eigenvalue weighted by Gasteiger charge is 2.24. The number of H-pyrrole nitrogens is 1. The zero-order valence-electron chi connectivity index (χ0n) is 30.6. The van der Waals surface area contributed by atoms with Crippen LogP contribution in [0, 0.1) is 0 Å². The zero-order chi connectivity index (χ0) is 38.0. The first-order valence-corrected chi connectivity index (χ1v) is 21.9. The third-order valence-corrected chi connectivity index (χ3v) is 12.7. The van der Waals surface area contributed by atoms with Gasteiger partial charge in [0.25, 0.3) is 5.56 Å². The predicted octanol–water partition coefficient (Wildman–Crippen LogP) is 13.1. The molecule has 0 aliphatic rings. The summed E-state index contributed by atoms with van der Waals surface area (Å²) in [5, 5.41) is 7.22. The number of unbranched alkanes of at least 4 members (excludes halogenated alkanes) is 9. The van der Waals surface area contributed by atoms with Crippen molar-refractivity contribution in [2.24, 2.45) is 0 Å². The van der Waals surface area contributed by atoms with Crippen LogP contribution in [-0.4, -0.2) is 24.7 Å². The van der Waals surface area contributed by atoms with Crippen molar-refractivity contribution in [2.75, 3.05) is 11.9 Å². The highest BCUT2D eigenvalue weighted by Crippen LogP contribution is 2.40. The largest absolute Gasteiger partial charge is 0.338 e. The number of anilines is 2. The molecule has 13 heteroatoms. The summed E-state index contributed by atoms with van der Waals surface area (Å²) in [6, 6.07) is 13.8. The summed E-state index contributed by atoms with van der Waals surface area (Å²) in [6.07, 6.45) is 11.7. The Labute approximate surface area is 333 Å². The van der Waals surface area contributed by atoms with Crippen molar-refractivity contribution in [3.63, 3.8) is 0 Å². The molecule has 4 aromatic rings. The van der Waals surface area contributed by atoms with E-state index in [1.807, 2.05) is 6.07 Å². The maximum absolute atomic E-state index is 14.1. The molecule has 0 atom stereocenters. The average molecular weight is 829 g/mol. The maximum Gasteiger partial charge on any atom is 0.287 e. The summed E-state index contributed by atoms with van der Waals surface area (Å²) in [5.74, 6) is 0.870. The summed E-state index contributed by atoms with van der Waals surface area (Å²) < 4.78 is 30.3. The number of aromatic amines is 1. The van der Waals surface area contributed by atoms with Crippen LogP contribution < -0.4 is 15.6 Å². The molecule has 284 valence electrons. The first-order chi connectivity index (χ1) is 24.7. The molecule has 3 aromatic carbocycles. The van der Waals surface area contributed by atoms with E-state index in [9.17, 15) is 13.2 Å². The van der Waals surface area contributed by atoms with Gasteiger partial charge in [0.05, 0.1) is 25.7 Å². The summed E-state index contributed by atoms with van der Waals surface area (Å²) in [6.45, 7) is 11.1. The lowest BCUT2D eigenvalue weighted by Gasteiger charge is -2.16. The summed E-state index contributed by atoms with van der Waals surface area (Å²) in [5.41, 5.74) is 2.56. The molecule has 0 amide bonds. The first-order valence-electron chi connectivity index (χ1n) is 18.1. The van der Waals surface area contributed by atoms with Crippen LogP contribution in [0.5, 0.6) is 0 Å². The van der Waals surface area contributed by atoms with E-state index in [-0.39, 0.29) is 31.6 Å². The van der Waals surface area contributed by atoms with Crippen molar-refractivity contribution < 1.29 is 8.42 Å². The van der Waals surface area contributed by atoms with E-state index in [1.165, 1.54) is 91.2 Å². The van der Waals surface area contributed by atoms with Gasteiger partial charge in [0.2, 0.25) is 10.0 Å². The molecule has 0 fully saturated rings. The van der Waals surface area contributed by atoms with Gasteiger partial charge in [0, 0.05) is 16.5 Å². The van der Waals surface area contributed by atoms with E-state index < -0.39 is 15.6 Å². The molecule has 7 nitrogen and oxygen atoms in total. The quantitative estimate of drug-likeness (QED) is 0.0771. The van der Waals surface area contributed by atoms with Gasteiger partial charge in [-0.15, -0.1) is 0 Å². The highest BCUT2D eigenvalue weighted by atomic mass is 35.5. The smallest absolute Gasteiger partial charge is 0.287 e. The number of nitrogens with zero attached hydrogens (tertiary/aromatic N) is 1. The van der Waals surface area contributed by atoms with Gasteiger partial charge in [-0.1, -0.05) is 163 Å². The van der Waals surface area contributed by atoms with Crippen LogP contribution in [0.2, 0.25) is 20.1 Å².